The second-order valence-corrected chi connectivity index (χ2v) is 9.75. The molecule has 0 aliphatic carbocycles. The van der Waals surface area contributed by atoms with Crippen LogP contribution in [0.2, 0.25) is 0 Å². The van der Waals surface area contributed by atoms with Crippen molar-refractivity contribution in [3.05, 3.63) is 78.9 Å². The highest BCUT2D eigenvalue weighted by Crippen LogP contribution is 2.29. The molecule has 8 nitrogen and oxygen atoms in total. The van der Waals surface area contributed by atoms with Crippen LogP contribution in [0.25, 0.3) is 0 Å². The summed E-state index contributed by atoms with van der Waals surface area (Å²) >= 11 is 0. The average molecular weight is 482 g/mol. The molecule has 1 atom stereocenters. The number of rotatable bonds is 8. The number of para-hydroxylation sites is 3. The molecular weight excluding hydrogens is 454 g/mol. The van der Waals surface area contributed by atoms with Crippen molar-refractivity contribution < 1.29 is 22.7 Å². The van der Waals surface area contributed by atoms with Crippen molar-refractivity contribution in [1.82, 2.24) is 4.31 Å². The Kier molecular flexibility index (Phi) is 7.46. The molecule has 3 aromatic rings. The van der Waals surface area contributed by atoms with Gasteiger partial charge < -0.3 is 20.1 Å². The Labute approximate surface area is 199 Å². The smallest absolute Gasteiger partial charge is 0.246 e. The molecule has 3 aromatic carbocycles. The Hall–Kier alpha value is -3.40. The number of morpholine rings is 1. The summed E-state index contributed by atoms with van der Waals surface area (Å²) in [6.07, 6.45) is 0. The zero-order valence-electron chi connectivity index (χ0n) is 18.8. The number of carbonyl (C=O) groups is 1. The van der Waals surface area contributed by atoms with Gasteiger partial charge in [0.05, 0.1) is 23.8 Å². The predicted octanol–water partition coefficient (Wildman–Crippen LogP) is 3.94. The molecule has 4 rings (SSSR count). The highest BCUT2D eigenvalue weighted by molar-refractivity contribution is 7.89. The van der Waals surface area contributed by atoms with Crippen molar-refractivity contribution in [3.63, 3.8) is 0 Å². The summed E-state index contributed by atoms with van der Waals surface area (Å²) in [7, 11) is -3.58. The second-order valence-electron chi connectivity index (χ2n) is 7.81. The van der Waals surface area contributed by atoms with Gasteiger partial charge in [0.1, 0.15) is 11.8 Å². The van der Waals surface area contributed by atoms with E-state index in [1.165, 1.54) is 16.4 Å². The molecule has 178 valence electrons. The molecule has 0 saturated carbocycles. The second kappa shape index (κ2) is 10.7. The maximum Gasteiger partial charge on any atom is 0.246 e. The lowest BCUT2D eigenvalue weighted by atomic mass is 10.2. The number of nitrogens with one attached hydrogen (secondary N) is 2. The third-order valence-corrected chi connectivity index (χ3v) is 7.27. The van der Waals surface area contributed by atoms with Crippen molar-refractivity contribution in [2.24, 2.45) is 0 Å². The first-order valence-corrected chi connectivity index (χ1v) is 12.4. The van der Waals surface area contributed by atoms with Crippen molar-refractivity contribution in [3.8, 4) is 11.5 Å². The van der Waals surface area contributed by atoms with E-state index >= 15 is 0 Å². The third-order valence-electron chi connectivity index (χ3n) is 5.35. The standard InChI is InChI=1S/C25H27N3O5S/c1-19(26-23-9-5-6-10-24(23)33-21-7-3-2-4-8-21)25(29)27-20-11-13-22(14-12-20)34(30,31)28-15-17-32-18-16-28/h2-14,19,26H,15-18H2,1H3,(H,27,29). The number of hydrogen-bond donors (Lipinski definition) is 2. The average Bonchev–Trinajstić information content (AvgIpc) is 2.86. The van der Waals surface area contributed by atoms with Crippen LogP contribution in [0.3, 0.4) is 0 Å². The van der Waals surface area contributed by atoms with Crippen LogP contribution in [-0.4, -0.2) is 51.0 Å². The van der Waals surface area contributed by atoms with Gasteiger partial charge >= 0.3 is 0 Å². The Morgan fingerprint density at radius 2 is 1.59 bits per heavy atom. The van der Waals surface area contributed by atoms with Gasteiger partial charge in [-0.2, -0.15) is 4.31 Å². The number of amides is 1. The summed E-state index contributed by atoms with van der Waals surface area (Å²) in [6, 6.07) is 22.4. The third kappa shape index (κ3) is 5.74. The fourth-order valence-corrected chi connectivity index (χ4v) is 4.89. The molecule has 1 heterocycles. The quantitative estimate of drug-likeness (QED) is 0.506. The summed E-state index contributed by atoms with van der Waals surface area (Å²) in [6.45, 7) is 3.18. The number of benzene rings is 3. The lowest BCUT2D eigenvalue weighted by Gasteiger charge is -2.26. The zero-order chi connectivity index (χ0) is 24.0. The van der Waals surface area contributed by atoms with Crippen LogP contribution < -0.4 is 15.4 Å². The molecule has 0 aromatic heterocycles. The summed E-state index contributed by atoms with van der Waals surface area (Å²) in [5.74, 6) is 1.03. The first-order chi connectivity index (χ1) is 16.4. The molecule has 0 spiro atoms. The minimum Gasteiger partial charge on any atom is -0.455 e. The Bertz CT molecular complexity index is 1210. The molecule has 1 saturated heterocycles. The van der Waals surface area contributed by atoms with Gasteiger partial charge in [-0.15, -0.1) is 0 Å². The first kappa shape index (κ1) is 23.7. The summed E-state index contributed by atoms with van der Waals surface area (Å²) in [5.41, 5.74) is 1.19. The molecule has 2 N–H and O–H groups in total. The van der Waals surface area contributed by atoms with Gasteiger partial charge in [-0.05, 0) is 55.5 Å². The van der Waals surface area contributed by atoms with Crippen LogP contribution in [0.15, 0.2) is 83.8 Å². The van der Waals surface area contributed by atoms with Gasteiger partial charge in [0, 0.05) is 18.8 Å². The molecule has 1 aliphatic heterocycles. The minimum atomic E-state index is -3.58. The largest absolute Gasteiger partial charge is 0.455 e. The van der Waals surface area contributed by atoms with Crippen molar-refractivity contribution in [1.29, 1.82) is 0 Å². The van der Waals surface area contributed by atoms with Crippen LogP contribution in [0.4, 0.5) is 11.4 Å². The van der Waals surface area contributed by atoms with E-state index < -0.39 is 16.1 Å². The van der Waals surface area contributed by atoms with Crippen molar-refractivity contribution in [2.75, 3.05) is 36.9 Å². The maximum atomic E-state index is 12.8. The first-order valence-electron chi connectivity index (χ1n) is 11.0. The lowest BCUT2D eigenvalue weighted by Crippen LogP contribution is -2.40. The minimum absolute atomic E-state index is 0.186. The molecule has 1 amide bonds. The van der Waals surface area contributed by atoms with Gasteiger partial charge in [0.15, 0.2) is 5.75 Å². The topological polar surface area (TPSA) is 97.0 Å². The number of sulfonamides is 1. The monoisotopic (exact) mass is 481 g/mol. The molecule has 1 aliphatic rings. The van der Waals surface area contributed by atoms with Crippen LogP contribution in [-0.2, 0) is 19.6 Å². The molecule has 1 fully saturated rings. The van der Waals surface area contributed by atoms with E-state index in [0.29, 0.717) is 49.2 Å². The van der Waals surface area contributed by atoms with E-state index in [2.05, 4.69) is 10.6 Å². The van der Waals surface area contributed by atoms with Gasteiger partial charge in [-0.1, -0.05) is 30.3 Å². The SMILES string of the molecule is CC(Nc1ccccc1Oc1ccccc1)C(=O)Nc1ccc(S(=O)(=O)N2CCOCC2)cc1. The van der Waals surface area contributed by atoms with Gasteiger partial charge in [0.2, 0.25) is 15.9 Å². The van der Waals surface area contributed by atoms with Crippen LogP contribution >= 0.6 is 0 Å². The van der Waals surface area contributed by atoms with Crippen molar-refractivity contribution >= 4 is 27.3 Å². The summed E-state index contributed by atoms with van der Waals surface area (Å²) < 4.78 is 38.1. The molecule has 34 heavy (non-hydrogen) atoms. The predicted molar refractivity (Wildman–Crippen MR) is 131 cm³/mol. The van der Waals surface area contributed by atoms with Gasteiger partial charge in [0.25, 0.3) is 0 Å². The fourth-order valence-electron chi connectivity index (χ4n) is 3.49. The number of carbonyl (C=O) groups excluding carboxylic acids is 1. The van der Waals surface area contributed by atoms with E-state index in [0.717, 1.165) is 0 Å². The Morgan fingerprint density at radius 3 is 2.29 bits per heavy atom. The molecular formula is C25H27N3O5S. The Balaban J connectivity index is 1.39. The molecule has 0 bridgehead atoms. The summed E-state index contributed by atoms with van der Waals surface area (Å²) in [4.78, 5) is 12.9. The molecule has 9 heteroatoms. The zero-order valence-corrected chi connectivity index (χ0v) is 19.6. The van der Waals surface area contributed by atoms with Crippen LogP contribution in [0.5, 0.6) is 11.5 Å². The molecule has 1 unspecified atom stereocenters. The highest BCUT2D eigenvalue weighted by Gasteiger charge is 2.26. The normalized spacial score (nSPS) is 15.3. The van der Waals surface area contributed by atoms with Gasteiger partial charge in [-0.3, -0.25) is 4.79 Å². The van der Waals surface area contributed by atoms with Crippen molar-refractivity contribution in [2.45, 2.75) is 17.9 Å². The Morgan fingerprint density at radius 1 is 0.941 bits per heavy atom. The van der Waals surface area contributed by atoms with Gasteiger partial charge in [-0.25, -0.2) is 8.42 Å². The van der Waals surface area contributed by atoms with E-state index in [-0.39, 0.29) is 10.8 Å². The lowest BCUT2D eigenvalue weighted by molar-refractivity contribution is -0.116. The molecule has 0 radical (unpaired) electrons. The van der Waals surface area contributed by atoms with E-state index in [1.54, 1.807) is 19.1 Å². The number of anilines is 2. The maximum absolute atomic E-state index is 12.8. The summed E-state index contributed by atoms with van der Waals surface area (Å²) in [5, 5.41) is 6.00. The van der Waals surface area contributed by atoms with E-state index in [4.69, 9.17) is 9.47 Å². The fraction of sp³-hybridized carbons (Fsp3) is 0.240. The number of nitrogens with zero attached hydrogens (tertiary/aromatic N) is 1. The highest BCUT2D eigenvalue weighted by atomic mass is 32.2. The number of hydrogen-bond acceptors (Lipinski definition) is 6. The van der Waals surface area contributed by atoms with E-state index in [1.807, 2.05) is 54.6 Å². The van der Waals surface area contributed by atoms with Crippen LogP contribution in [0, 0.1) is 0 Å². The van der Waals surface area contributed by atoms with E-state index in [9.17, 15) is 13.2 Å². The number of ether oxygens (including phenoxy) is 2. The van der Waals surface area contributed by atoms with Crippen LogP contribution in [0.1, 0.15) is 6.92 Å².